The van der Waals surface area contributed by atoms with Gasteiger partial charge in [0.1, 0.15) is 0 Å². The van der Waals surface area contributed by atoms with Crippen molar-refractivity contribution in [1.82, 2.24) is 0 Å². The fraction of sp³-hybridized carbons (Fsp3) is 0.704. The van der Waals surface area contributed by atoms with Crippen LogP contribution < -0.4 is 5.73 Å². The molecule has 0 amide bonds. The molecule has 0 aromatic heterocycles. The number of hydrogen-bond donors (Lipinski definition) is 1. The van der Waals surface area contributed by atoms with E-state index in [9.17, 15) is 4.79 Å². The van der Waals surface area contributed by atoms with E-state index in [4.69, 9.17) is 5.73 Å². The van der Waals surface area contributed by atoms with E-state index < -0.39 is 0 Å². The van der Waals surface area contributed by atoms with Crippen LogP contribution in [0.3, 0.4) is 0 Å². The van der Waals surface area contributed by atoms with Crippen LogP contribution in [0.1, 0.15) is 134 Å². The number of rotatable bonds is 14. The monoisotopic (exact) mass is 414 g/mol. The van der Waals surface area contributed by atoms with E-state index in [1.807, 2.05) is 6.92 Å². The van der Waals surface area contributed by atoms with Gasteiger partial charge in [-0.15, -0.1) is 0 Å². The van der Waals surface area contributed by atoms with Crippen molar-refractivity contribution >= 4 is 22.9 Å². The number of carbonyl (C=O) groups excluding carboxylic acids is 1. The Hall–Kier alpha value is -1.64. The summed E-state index contributed by atoms with van der Waals surface area (Å²) in [5.74, 6) is 0.106. The minimum atomic E-state index is 0.106. The van der Waals surface area contributed by atoms with Crippen molar-refractivity contribution in [1.29, 1.82) is 0 Å². The molecule has 2 rings (SSSR count). The number of hydrogen-bond acceptors (Lipinski definition) is 3. The number of nitrogens with zero attached hydrogens (tertiary/aromatic N) is 1. The van der Waals surface area contributed by atoms with Crippen molar-refractivity contribution in [2.24, 2.45) is 4.99 Å². The van der Waals surface area contributed by atoms with Crippen LogP contribution in [0.15, 0.2) is 23.2 Å². The number of Topliss-reactive ketones (excluding diaryl/α,β-unsaturated/α-hetero) is 1. The summed E-state index contributed by atoms with van der Waals surface area (Å²) in [6.07, 6.45) is 22.3. The maximum atomic E-state index is 11.5. The Morgan fingerprint density at radius 1 is 0.767 bits per heavy atom. The number of fused-ring (bicyclic) bond motifs is 1. The lowest BCUT2D eigenvalue weighted by molar-refractivity contribution is 0.0999. The number of nitrogens with two attached hydrogens (primary N) is 1. The van der Waals surface area contributed by atoms with Crippen molar-refractivity contribution in [3.05, 3.63) is 23.8 Å². The molecule has 0 spiro atoms. The zero-order chi connectivity index (χ0) is 22.0. The third-order valence-electron chi connectivity index (χ3n) is 5.76. The normalized spacial score (nSPS) is 12.8. The van der Waals surface area contributed by atoms with Gasteiger partial charge >= 0.3 is 0 Å². The van der Waals surface area contributed by atoms with E-state index in [1.54, 1.807) is 18.2 Å². The quantitative estimate of drug-likeness (QED) is 0.244. The molecule has 3 heteroatoms. The highest BCUT2D eigenvalue weighted by Crippen LogP contribution is 2.27. The molecule has 0 bridgehead atoms. The number of anilines is 1. The predicted molar refractivity (Wildman–Crippen MR) is 133 cm³/mol. The minimum absolute atomic E-state index is 0.106. The molecule has 0 unspecified atom stereocenters. The average molecular weight is 415 g/mol. The summed E-state index contributed by atoms with van der Waals surface area (Å²) in [6, 6.07) is 5.23. The van der Waals surface area contributed by atoms with Gasteiger partial charge in [0.15, 0.2) is 5.78 Å². The van der Waals surface area contributed by atoms with Crippen LogP contribution >= 0.6 is 0 Å². The lowest BCUT2D eigenvalue weighted by Crippen LogP contribution is -2.10. The molecule has 0 aliphatic carbocycles. The molecule has 1 aliphatic heterocycles. The Morgan fingerprint density at radius 2 is 1.20 bits per heavy atom. The second kappa shape index (κ2) is 17.1. The SMILES string of the molecule is CC1=Nc2ccc(N)cc2C(=O)C1.CCCCCCCCCCCCCCCCC. The molecule has 2 N–H and O–H groups in total. The molecular weight excluding hydrogens is 368 g/mol. The number of unbranched alkanes of at least 4 members (excludes halogenated alkanes) is 14. The summed E-state index contributed by atoms with van der Waals surface area (Å²) in [4.78, 5) is 15.8. The summed E-state index contributed by atoms with van der Waals surface area (Å²) < 4.78 is 0. The molecule has 0 radical (unpaired) electrons. The molecule has 1 aliphatic rings. The fourth-order valence-electron chi connectivity index (χ4n) is 3.89. The van der Waals surface area contributed by atoms with Crippen LogP contribution in [0.25, 0.3) is 0 Å². The van der Waals surface area contributed by atoms with Crippen molar-refractivity contribution < 1.29 is 4.79 Å². The number of benzene rings is 1. The van der Waals surface area contributed by atoms with Gasteiger partial charge < -0.3 is 5.73 Å². The maximum absolute atomic E-state index is 11.5. The zero-order valence-electron chi connectivity index (χ0n) is 20.0. The minimum Gasteiger partial charge on any atom is -0.399 e. The van der Waals surface area contributed by atoms with E-state index in [0.717, 1.165) is 11.4 Å². The van der Waals surface area contributed by atoms with E-state index in [1.165, 1.54) is 96.3 Å². The van der Waals surface area contributed by atoms with Crippen molar-refractivity contribution in [3.63, 3.8) is 0 Å². The van der Waals surface area contributed by atoms with Gasteiger partial charge in [-0.2, -0.15) is 0 Å². The van der Waals surface area contributed by atoms with Gasteiger partial charge in [0.2, 0.25) is 0 Å². The molecule has 1 heterocycles. The summed E-state index contributed by atoms with van der Waals surface area (Å²) in [5, 5.41) is 0. The van der Waals surface area contributed by atoms with Gasteiger partial charge in [0.05, 0.1) is 5.69 Å². The van der Waals surface area contributed by atoms with E-state index in [-0.39, 0.29) is 5.78 Å². The van der Waals surface area contributed by atoms with Crippen LogP contribution in [-0.4, -0.2) is 11.5 Å². The molecule has 30 heavy (non-hydrogen) atoms. The third kappa shape index (κ3) is 12.1. The summed E-state index contributed by atoms with van der Waals surface area (Å²) >= 11 is 0. The second-order valence-corrected chi connectivity index (χ2v) is 8.82. The first kappa shape index (κ1) is 26.4. The maximum Gasteiger partial charge on any atom is 0.170 e. The van der Waals surface area contributed by atoms with Gasteiger partial charge in [-0.3, -0.25) is 9.79 Å². The first-order chi connectivity index (χ1) is 14.6. The summed E-state index contributed by atoms with van der Waals surface area (Å²) in [5.41, 5.74) is 8.44. The molecule has 0 saturated heterocycles. The first-order valence-electron chi connectivity index (χ1n) is 12.5. The fourth-order valence-corrected chi connectivity index (χ4v) is 3.89. The van der Waals surface area contributed by atoms with Crippen LogP contribution in [0, 0.1) is 0 Å². The molecule has 0 saturated carbocycles. The van der Waals surface area contributed by atoms with Crippen LogP contribution in [0.2, 0.25) is 0 Å². The smallest absolute Gasteiger partial charge is 0.170 e. The van der Waals surface area contributed by atoms with Crippen LogP contribution in [0.4, 0.5) is 11.4 Å². The Bertz CT molecular complexity index is 607. The standard InChI is InChI=1S/C17H36.C10H10N2O/c1-3-5-7-9-11-13-15-17-16-14-12-10-8-6-4-2;1-6-4-10(13)8-5-7(11)2-3-9(8)12-6/h3-17H2,1-2H3;2-3,5H,4,11H2,1H3. The molecular formula is C27H46N2O. The second-order valence-electron chi connectivity index (χ2n) is 8.82. The summed E-state index contributed by atoms with van der Waals surface area (Å²) in [7, 11) is 0. The lowest BCUT2D eigenvalue weighted by atomic mass is 10.0. The zero-order valence-corrected chi connectivity index (χ0v) is 20.0. The van der Waals surface area contributed by atoms with Crippen molar-refractivity contribution in [2.45, 2.75) is 124 Å². The summed E-state index contributed by atoms with van der Waals surface area (Å²) in [6.45, 7) is 6.44. The van der Waals surface area contributed by atoms with Crippen LogP contribution in [-0.2, 0) is 0 Å². The van der Waals surface area contributed by atoms with E-state index >= 15 is 0 Å². The Balaban J connectivity index is 0.000000308. The number of nitrogen functional groups attached to an aromatic ring is 1. The van der Waals surface area contributed by atoms with Gasteiger partial charge in [-0.25, -0.2) is 0 Å². The first-order valence-corrected chi connectivity index (χ1v) is 12.5. The van der Waals surface area contributed by atoms with Crippen molar-refractivity contribution in [2.75, 3.05) is 5.73 Å². The molecule has 0 fully saturated rings. The van der Waals surface area contributed by atoms with E-state index in [0.29, 0.717) is 17.7 Å². The van der Waals surface area contributed by atoms with E-state index in [2.05, 4.69) is 18.8 Å². The topological polar surface area (TPSA) is 55.4 Å². The highest BCUT2D eigenvalue weighted by molar-refractivity contribution is 6.15. The Morgan fingerprint density at radius 3 is 1.63 bits per heavy atom. The van der Waals surface area contributed by atoms with Crippen LogP contribution in [0.5, 0.6) is 0 Å². The molecule has 170 valence electrons. The van der Waals surface area contributed by atoms with Gasteiger partial charge in [-0.05, 0) is 25.1 Å². The number of carbonyl (C=O) groups is 1. The molecule has 3 nitrogen and oxygen atoms in total. The highest BCUT2D eigenvalue weighted by Gasteiger charge is 2.17. The van der Waals surface area contributed by atoms with Gasteiger partial charge in [0, 0.05) is 23.4 Å². The largest absolute Gasteiger partial charge is 0.399 e. The molecule has 1 aromatic carbocycles. The lowest BCUT2D eigenvalue weighted by Gasteiger charge is -2.11. The Kier molecular flexibility index (Phi) is 15.0. The molecule has 0 atom stereocenters. The third-order valence-corrected chi connectivity index (χ3v) is 5.76. The van der Waals surface area contributed by atoms with Gasteiger partial charge in [-0.1, -0.05) is 110 Å². The number of aliphatic imine (C=N–C) groups is 1. The highest BCUT2D eigenvalue weighted by atomic mass is 16.1. The number of ketones is 1. The van der Waals surface area contributed by atoms with Gasteiger partial charge in [0.25, 0.3) is 0 Å². The average Bonchev–Trinajstić information content (AvgIpc) is 2.72. The molecule has 1 aromatic rings. The van der Waals surface area contributed by atoms with Crippen molar-refractivity contribution in [3.8, 4) is 0 Å². The Labute approximate surface area is 185 Å². The predicted octanol–water partition coefficient (Wildman–Crippen LogP) is 8.83.